The average molecular weight is 296 g/mol. The summed E-state index contributed by atoms with van der Waals surface area (Å²) in [6, 6.07) is 19.8. The van der Waals surface area contributed by atoms with Crippen molar-refractivity contribution in [2.24, 2.45) is 5.41 Å². The molecule has 0 fully saturated rings. The van der Waals surface area contributed by atoms with Gasteiger partial charge in [-0.3, -0.25) is 4.79 Å². The number of rotatable bonds is 7. The predicted molar refractivity (Wildman–Crippen MR) is 90.0 cm³/mol. The van der Waals surface area contributed by atoms with Crippen molar-refractivity contribution in [3.63, 3.8) is 0 Å². The van der Waals surface area contributed by atoms with E-state index in [1.807, 2.05) is 48.5 Å². The van der Waals surface area contributed by atoms with Gasteiger partial charge < -0.3 is 5.11 Å². The van der Waals surface area contributed by atoms with Crippen LogP contribution in [0.25, 0.3) is 0 Å². The summed E-state index contributed by atoms with van der Waals surface area (Å²) in [7, 11) is 0. The molecule has 22 heavy (non-hydrogen) atoms. The van der Waals surface area contributed by atoms with Crippen molar-refractivity contribution in [3.8, 4) is 0 Å². The molecule has 0 aromatic heterocycles. The summed E-state index contributed by atoms with van der Waals surface area (Å²) in [5, 5.41) is 9.90. The molecule has 0 bridgehead atoms. The van der Waals surface area contributed by atoms with E-state index in [0.29, 0.717) is 0 Å². The van der Waals surface area contributed by atoms with Crippen LogP contribution in [0.3, 0.4) is 0 Å². The number of hydrogen-bond acceptors (Lipinski definition) is 1. The molecular weight excluding hydrogens is 272 g/mol. The van der Waals surface area contributed by atoms with Crippen LogP contribution in [0.15, 0.2) is 60.7 Å². The van der Waals surface area contributed by atoms with E-state index in [1.54, 1.807) is 0 Å². The Bertz CT molecular complexity index is 586. The van der Waals surface area contributed by atoms with E-state index in [-0.39, 0.29) is 5.41 Å². The summed E-state index contributed by atoms with van der Waals surface area (Å²) in [5.74, 6) is -1.21. The van der Waals surface area contributed by atoms with Crippen molar-refractivity contribution in [2.75, 3.05) is 0 Å². The zero-order valence-electron chi connectivity index (χ0n) is 13.3. The zero-order chi connectivity index (χ0) is 16.0. The number of carboxylic acids is 1. The molecule has 0 saturated heterocycles. The first kappa shape index (κ1) is 16.3. The van der Waals surface area contributed by atoms with Crippen molar-refractivity contribution < 1.29 is 9.90 Å². The maximum absolute atomic E-state index is 12.1. The Hall–Kier alpha value is -2.09. The molecule has 0 spiro atoms. The quantitative estimate of drug-likeness (QED) is 0.788. The third kappa shape index (κ3) is 3.38. The van der Waals surface area contributed by atoms with Gasteiger partial charge in [0, 0.05) is 0 Å². The van der Waals surface area contributed by atoms with Gasteiger partial charge in [0.1, 0.15) is 0 Å². The normalized spacial score (nSPS) is 12.8. The van der Waals surface area contributed by atoms with E-state index in [2.05, 4.69) is 26.0 Å². The minimum Gasteiger partial charge on any atom is -0.481 e. The Morgan fingerprint density at radius 3 is 1.91 bits per heavy atom. The lowest BCUT2D eigenvalue weighted by molar-refractivity contribution is -0.142. The number of aliphatic carboxylic acids is 1. The van der Waals surface area contributed by atoms with Gasteiger partial charge in [-0.25, -0.2) is 0 Å². The monoisotopic (exact) mass is 296 g/mol. The highest BCUT2D eigenvalue weighted by Gasteiger charge is 2.41. The van der Waals surface area contributed by atoms with E-state index in [0.717, 1.165) is 24.8 Å². The maximum Gasteiger partial charge on any atom is 0.311 e. The maximum atomic E-state index is 12.1. The van der Waals surface area contributed by atoms with Crippen LogP contribution < -0.4 is 0 Å². The molecule has 0 aliphatic rings. The fourth-order valence-corrected chi connectivity index (χ4v) is 3.42. The van der Waals surface area contributed by atoms with E-state index in [9.17, 15) is 9.90 Å². The Morgan fingerprint density at radius 2 is 1.45 bits per heavy atom. The lowest BCUT2D eigenvalue weighted by Crippen LogP contribution is -2.35. The van der Waals surface area contributed by atoms with E-state index >= 15 is 0 Å². The second kappa shape index (κ2) is 7.26. The van der Waals surface area contributed by atoms with Gasteiger partial charge in [-0.2, -0.15) is 0 Å². The Kier molecular flexibility index (Phi) is 5.37. The predicted octanol–water partition coefficient (Wildman–Crippen LogP) is 4.90. The summed E-state index contributed by atoms with van der Waals surface area (Å²) >= 11 is 0. The molecule has 0 radical (unpaired) electrons. The van der Waals surface area contributed by atoms with Gasteiger partial charge in [-0.15, -0.1) is 0 Å². The molecule has 0 heterocycles. The fourth-order valence-electron chi connectivity index (χ4n) is 3.42. The third-order valence-corrected chi connectivity index (χ3v) is 4.80. The second-order valence-electron chi connectivity index (χ2n) is 5.91. The molecule has 2 aromatic rings. The van der Waals surface area contributed by atoms with Crippen LogP contribution in [0.5, 0.6) is 0 Å². The minimum absolute atomic E-state index is 0.269. The summed E-state index contributed by atoms with van der Waals surface area (Å²) < 4.78 is 0. The first-order valence-electron chi connectivity index (χ1n) is 7.94. The van der Waals surface area contributed by atoms with Gasteiger partial charge in [0.25, 0.3) is 0 Å². The summed E-state index contributed by atoms with van der Waals surface area (Å²) in [6.07, 6.45) is 2.46. The lowest BCUT2D eigenvalue weighted by Gasteiger charge is -2.38. The second-order valence-corrected chi connectivity index (χ2v) is 5.91. The molecule has 2 rings (SSSR count). The highest BCUT2D eigenvalue weighted by molar-refractivity contribution is 5.77. The molecule has 2 heteroatoms. The van der Waals surface area contributed by atoms with Crippen molar-refractivity contribution in [2.45, 2.75) is 39.0 Å². The van der Waals surface area contributed by atoms with E-state index < -0.39 is 11.9 Å². The van der Waals surface area contributed by atoms with Gasteiger partial charge in [0.15, 0.2) is 0 Å². The summed E-state index contributed by atoms with van der Waals surface area (Å²) in [6.45, 7) is 4.20. The molecule has 0 saturated carbocycles. The smallest absolute Gasteiger partial charge is 0.311 e. The molecule has 1 N–H and O–H groups in total. The summed E-state index contributed by atoms with van der Waals surface area (Å²) in [4.78, 5) is 12.1. The van der Waals surface area contributed by atoms with Gasteiger partial charge in [-0.1, -0.05) is 74.5 Å². The van der Waals surface area contributed by atoms with Crippen LogP contribution in [-0.2, 0) is 11.2 Å². The number of carboxylic acid groups (broad SMARTS) is 1. The number of carbonyl (C=O) groups is 1. The van der Waals surface area contributed by atoms with Crippen molar-refractivity contribution in [3.05, 3.63) is 71.8 Å². The SMILES string of the molecule is CCC(CC)(Cc1ccccc1)C(C(=O)O)c1ccccc1. The molecule has 1 unspecified atom stereocenters. The van der Waals surface area contributed by atoms with Crippen molar-refractivity contribution >= 4 is 5.97 Å². The first-order chi connectivity index (χ1) is 10.6. The molecule has 2 aromatic carbocycles. The number of benzene rings is 2. The van der Waals surface area contributed by atoms with Crippen LogP contribution >= 0.6 is 0 Å². The van der Waals surface area contributed by atoms with Gasteiger partial charge in [0.2, 0.25) is 0 Å². The largest absolute Gasteiger partial charge is 0.481 e. The Labute approximate surface area is 132 Å². The fraction of sp³-hybridized carbons (Fsp3) is 0.350. The molecule has 0 aliphatic heterocycles. The van der Waals surface area contributed by atoms with E-state index in [1.165, 1.54) is 5.56 Å². The van der Waals surface area contributed by atoms with Crippen LogP contribution in [0.1, 0.15) is 43.7 Å². The third-order valence-electron chi connectivity index (χ3n) is 4.80. The van der Waals surface area contributed by atoms with Crippen molar-refractivity contribution in [1.29, 1.82) is 0 Å². The van der Waals surface area contributed by atoms with Crippen LogP contribution in [0, 0.1) is 5.41 Å². The Balaban J connectivity index is 2.44. The van der Waals surface area contributed by atoms with Gasteiger partial charge in [-0.05, 0) is 35.8 Å². The van der Waals surface area contributed by atoms with Gasteiger partial charge >= 0.3 is 5.97 Å². The lowest BCUT2D eigenvalue weighted by atomic mass is 9.65. The molecule has 2 nitrogen and oxygen atoms in total. The van der Waals surface area contributed by atoms with Crippen molar-refractivity contribution in [1.82, 2.24) is 0 Å². The highest BCUT2D eigenvalue weighted by Crippen LogP contribution is 2.44. The zero-order valence-corrected chi connectivity index (χ0v) is 13.3. The average Bonchev–Trinajstić information content (AvgIpc) is 2.55. The van der Waals surface area contributed by atoms with E-state index in [4.69, 9.17) is 0 Å². The molecular formula is C20H24O2. The Morgan fingerprint density at radius 1 is 0.955 bits per heavy atom. The first-order valence-corrected chi connectivity index (χ1v) is 7.94. The topological polar surface area (TPSA) is 37.3 Å². The molecule has 0 amide bonds. The minimum atomic E-state index is -0.731. The highest BCUT2D eigenvalue weighted by atomic mass is 16.4. The van der Waals surface area contributed by atoms with Gasteiger partial charge in [0.05, 0.1) is 5.92 Å². The molecule has 1 atom stereocenters. The van der Waals surface area contributed by atoms with Crippen LogP contribution in [0.2, 0.25) is 0 Å². The number of hydrogen-bond donors (Lipinski definition) is 1. The molecule has 0 aliphatic carbocycles. The summed E-state index contributed by atoms with van der Waals surface area (Å²) in [5.41, 5.74) is 1.83. The molecule has 116 valence electrons. The van der Waals surface area contributed by atoms with Crippen LogP contribution in [-0.4, -0.2) is 11.1 Å². The van der Waals surface area contributed by atoms with Crippen LogP contribution in [0.4, 0.5) is 0 Å². The standard InChI is InChI=1S/C20H24O2/c1-3-20(4-2,15-16-11-7-5-8-12-16)18(19(21)22)17-13-9-6-10-14-17/h5-14,18H,3-4,15H2,1-2H3,(H,21,22).